The summed E-state index contributed by atoms with van der Waals surface area (Å²) in [5.41, 5.74) is 0.834. The minimum atomic E-state index is -3.50. The number of sulfonamides is 1. The van der Waals surface area contributed by atoms with Crippen LogP contribution in [-0.2, 0) is 14.8 Å². The molecule has 2 atom stereocenters. The van der Waals surface area contributed by atoms with Crippen molar-refractivity contribution in [3.63, 3.8) is 0 Å². The smallest absolute Gasteiger partial charge is 0.255 e. The third-order valence-electron chi connectivity index (χ3n) is 4.64. The van der Waals surface area contributed by atoms with Gasteiger partial charge in [0.25, 0.3) is 5.91 Å². The van der Waals surface area contributed by atoms with Gasteiger partial charge in [0.05, 0.1) is 35.5 Å². The van der Waals surface area contributed by atoms with Crippen LogP contribution in [0.2, 0.25) is 0 Å². The molecular formula is C19H26N4O5S2. The lowest BCUT2D eigenvalue weighted by Crippen LogP contribution is -2.49. The molecule has 1 saturated heterocycles. The minimum Gasteiger partial charge on any atom is -0.461 e. The summed E-state index contributed by atoms with van der Waals surface area (Å²) in [5.74, 6) is 0.329. The number of aromatic nitrogens is 2. The van der Waals surface area contributed by atoms with Crippen molar-refractivity contribution < 1.29 is 22.4 Å². The maximum Gasteiger partial charge on any atom is 0.255 e. The maximum absolute atomic E-state index is 12.8. The Morgan fingerprint density at radius 1 is 1.30 bits per heavy atom. The Balaban J connectivity index is 1.67. The molecule has 0 aliphatic carbocycles. The molecule has 0 aromatic carbocycles. The van der Waals surface area contributed by atoms with E-state index in [0.29, 0.717) is 41.0 Å². The van der Waals surface area contributed by atoms with Crippen LogP contribution in [0.15, 0.2) is 27.8 Å². The lowest BCUT2D eigenvalue weighted by atomic mass is 10.2. The molecule has 30 heavy (non-hydrogen) atoms. The third kappa shape index (κ3) is 5.20. The molecule has 2 aromatic heterocycles. The number of hydrogen-bond donors (Lipinski definition) is 1. The number of aryl methyl sites for hydroxylation is 1. The number of amides is 1. The van der Waals surface area contributed by atoms with Gasteiger partial charge in [0.2, 0.25) is 10.0 Å². The summed E-state index contributed by atoms with van der Waals surface area (Å²) in [6, 6.07) is 3.49. The summed E-state index contributed by atoms with van der Waals surface area (Å²) in [5, 5.41) is 3.20. The van der Waals surface area contributed by atoms with Crippen LogP contribution in [0.4, 0.5) is 0 Å². The molecule has 9 nitrogen and oxygen atoms in total. The van der Waals surface area contributed by atoms with E-state index in [9.17, 15) is 13.2 Å². The van der Waals surface area contributed by atoms with Crippen molar-refractivity contribution in [2.45, 2.75) is 38.0 Å². The average Bonchev–Trinajstić information content (AvgIpc) is 3.21. The Hall–Kier alpha value is -1.95. The van der Waals surface area contributed by atoms with Crippen LogP contribution in [0.3, 0.4) is 0 Å². The van der Waals surface area contributed by atoms with Gasteiger partial charge in [0.15, 0.2) is 11.6 Å². The van der Waals surface area contributed by atoms with Gasteiger partial charge in [-0.2, -0.15) is 4.31 Å². The number of nitrogens with zero attached hydrogens (tertiary/aromatic N) is 3. The Kier molecular flexibility index (Phi) is 7.17. The Morgan fingerprint density at radius 3 is 2.60 bits per heavy atom. The summed E-state index contributed by atoms with van der Waals surface area (Å²) >= 11 is 1.32. The zero-order valence-corrected chi connectivity index (χ0v) is 19.0. The number of morpholine rings is 1. The summed E-state index contributed by atoms with van der Waals surface area (Å²) in [7, 11) is -3.50. The fourth-order valence-corrected chi connectivity index (χ4v) is 5.46. The molecule has 0 saturated carbocycles. The predicted molar refractivity (Wildman–Crippen MR) is 114 cm³/mol. The largest absolute Gasteiger partial charge is 0.461 e. The van der Waals surface area contributed by atoms with E-state index in [1.165, 1.54) is 22.3 Å². The number of thioether (sulfide) groups is 1. The van der Waals surface area contributed by atoms with Crippen molar-refractivity contribution >= 4 is 27.7 Å². The van der Waals surface area contributed by atoms with E-state index < -0.39 is 15.9 Å². The zero-order chi connectivity index (χ0) is 21.9. The molecule has 3 rings (SSSR count). The summed E-state index contributed by atoms with van der Waals surface area (Å²) in [6.07, 6.45) is 3.03. The van der Waals surface area contributed by atoms with E-state index in [-0.39, 0.29) is 24.5 Å². The number of carbonyl (C=O) groups is 1. The highest BCUT2D eigenvalue weighted by Crippen LogP contribution is 2.25. The highest BCUT2D eigenvalue weighted by molar-refractivity contribution is 7.98. The van der Waals surface area contributed by atoms with Gasteiger partial charge in [-0.3, -0.25) is 4.79 Å². The summed E-state index contributed by atoms with van der Waals surface area (Å²) < 4.78 is 37.6. The predicted octanol–water partition coefficient (Wildman–Crippen LogP) is 1.94. The molecule has 0 radical (unpaired) electrons. The number of furan rings is 1. The maximum atomic E-state index is 12.8. The number of hydrogen-bond acceptors (Lipinski definition) is 8. The molecule has 164 valence electrons. The van der Waals surface area contributed by atoms with Gasteiger partial charge in [0, 0.05) is 19.6 Å². The van der Waals surface area contributed by atoms with Crippen molar-refractivity contribution in [1.82, 2.24) is 19.6 Å². The zero-order valence-electron chi connectivity index (χ0n) is 17.4. The quantitative estimate of drug-likeness (QED) is 0.499. The van der Waals surface area contributed by atoms with Crippen molar-refractivity contribution in [1.29, 1.82) is 0 Å². The molecule has 2 unspecified atom stereocenters. The van der Waals surface area contributed by atoms with Crippen molar-refractivity contribution in [3.8, 4) is 11.6 Å². The molecule has 1 aliphatic rings. The third-order valence-corrected chi connectivity index (χ3v) is 7.13. The normalized spacial score (nSPS) is 20.3. The summed E-state index contributed by atoms with van der Waals surface area (Å²) in [4.78, 5) is 21.5. The number of rotatable bonds is 7. The van der Waals surface area contributed by atoms with Gasteiger partial charge in [-0.1, -0.05) is 0 Å². The van der Waals surface area contributed by atoms with Crippen LogP contribution in [0, 0.1) is 6.92 Å². The van der Waals surface area contributed by atoms with E-state index in [2.05, 4.69) is 15.3 Å². The fraction of sp³-hybridized carbons (Fsp3) is 0.526. The number of nitrogens with one attached hydrogen (secondary N) is 1. The Bertz CT molecular complexity index is 985. The van der Waals surface area contributed by atoms with Crippen molar-refractivity contribution in [2.24, 2.45) is 0 Å². The van der Waals surface area contributed by atoms with Crippen LogP contribution >= 0.6 is 11.8 Å². The fourth-order valence-electron chi connectivity index (χ4n) is 3.34. The Morgan fingerprint density at radius 2 is 2.00 bits per heavy atom. The van der Waals surface area contributed by atoms with Crippen LogP contribution in [-0.4, -0.2) is 72.4 Å². The van der Waals surface area contributed by atoms with E-state index in [1.807, 2.05) is 20.1 Å². The monoisotopic (exact) mass is 454 g/mol. The first-order chi connectivity index (χ1) is 14.2. The van der Waals surface area contributed by atoms with E-state index >= 15 is 0 Å². The van der Waals surface area contributed by atoms with Gasteiger partial charge < -0.3 is 14.5 Å². The molecule has 1 N–H and O–H groups in total. The van der Waals surface area contributed by atoms with Crippen LogP contribution in [0.25, 0.3) is 11.6 Å². The van der Waals surface area contributed by atoms with Gasteiger partial charge in [-0.25, -0.2) is 18.4 Å². The number of carbonyl (C=O) groups excluding carboxylic acids is 1. The first kappa shape index (κ1) is 22.7. The first-order valence-electron chi connectivity index (χ1n) is 9.59. The van der Waals surface area contributed by atoms with Gasteiger partial charge >= 0.3 is 0 Å². The SMILES string of the molecule is CSc1nc(-c2ccco2)nc(C)c1C(=O)NCCS(=O)(=O)N1CC(C)OC(C)C1. The standard InChI is InChI=1S/C19H26N4O5S2/c1-12-10-23(11-13(2)28-12)30(25,26)9-7-20-18(24)16-14(3)21-17(22-19(16)29-4)15-6-5-8-27-15/h5-6,8,12-13H,7,9-11H2,1-4H3,(H,20,24). The Labute approximate surface area is 180 Å². The van der Waals surface area contributed by atoms with Crippen LogP contribution in [0.1, 0.15) is 29.9 Å². The second-order valence-electron chi connectivity index (χ2n) is 7.14. The molecule has 3 heterocycles. The highest BCUT2D eigenvalue weighted by Gasteiger charge is 2.31. The lowest BCUT2D eigenvalue weighted by Gasteiger charge is -2.34. The first-order valence-corrected chi connectivity index (χ1v) is 12.4. The summed E-state index contributed by atoms with van der Waals surface area (Å²) in [6.45, 7) is 6.04. The van der Waals surface area contributed by atoms with Gasteiger partial charge in [-0.05, 0) is 39.2 Å². The second-order valence-corrected chi connectivity index (χ2v) is 10.0. The molecule has 0 spiro atoms. The topological polar surface area (TPSA) is 115 Å². The van der Waals surface area contributed by atoms with E-state index in [4.69, 9.17) is 9.15 Å². The molecule has 11 heteroatoms. The van der Waals surface area contributed by atoms with E-state index in [1.54, 1.807) is 19.1 Å². The highest BCUT2D eigenvalue weighted by atomic mass is 32.2. The van der Waals surface area contributed by atoms with Gasteiger partial charge in [-0.15, -0.1) is 11.8 Å². The van der Waals surface area contributed by atoms with E-state index in [0.717, 1.165) is 0 Å². The molecule has 1 aliphatic heterocycles. The van der Waals surface area contributed by atoms with Crippen LogP contribution < -0.4 is 5.32 Å². The van der Waals surface area contributed by atoms with Crippen molar-refractivity contribution in [3.05, 3.63) is 29.7 Å². The molecule has 0 bridgehead atoms. The number of ether oxygens (including phenoxy) is 1. The average molecular weight is 455 g/mol. The molecular weight excluding hydrogens is 428 g/mol. The van der Waals surface area contributed by atoms with Crippen molar-refractivity contribution in [2.75, 3.05) is 31.6 Å². The lowest BCUT2D eigenvalue weighted by molar-refractivity contribution is -0.0440. The molecule has 2 aromatic rings. The molecule has 1 amide bonds. The second kappa shape index (κ2) is 9.46. The minimum absolute atomic E-state index is 0.00547. The molecule has 1 fully saturated rings. The van der Waals surface area contributed by atoms with Crippen LogP contribution in [0.5, 0.6) is 0 Å². The van der Waals surface area contributed by atoms with Gasteiger partial charge in [0.1, 0.15) is 5.03 Å².